The molecule has 122 valence electrons. The molecule has 1 saturated carbocycles. The van der Waals surface area contributed by atoms with Crippen LogP contribution >= 0.6 is 0 Å². The Labute approximate surface area is 135 Å². The molecule has 1 aliphatic carbocycles. The first-order valence-electron chi connectivity index (χ1n) is 7.59. The fraction of sp³-hybridized carbons (Fsp3) is 0.389. The van der Waals surface area contributed by atoms with Crippen LogP contribution in [0.3, 0.4) is 0 Å². The average Bonchev–Trinajstić information content (AvgIpc) is 2.89. The molecule has 0 aromatic heterocycles. The van der Waals surface area contributed by atoms with Gasteiger partial charge in [-0.1, -0.05) is 24.8 Å². The zero-order valence-corrected chi connectivity index (χ0v) is 13.2. The van der Waals surface area contributed by atoms with Crippen LogP contribution in [0.1, 0.15) is 43.0 Å². The molecule has 1 fully saturated rings. The largest absolute Gasteiger partial charge is 0.462 e. The van der Waals surface area contributed by atoms with E-state index in [0.29, 0.717) is 24.8 Å². The van der Waals surface area contributed by atoms with Gasteiger partial charge < -0.3 is 9.47 Å². The van der Waals surface area contributed by atoms with Gasteiger partial charge in [0, 0.05) is 12.8 Å². The Morgan fingerprint density at radius 1 is 1.26 bits per heavy atom. The number of esters is 2. The number of hydrogen-bond acceptors (Lipinski definition) is 5. The fourth-order valence-electron chi connectivity index (χ4n) is 2.74. The van der Waals surface area contributed by atoms with Crippen LogP contribution in [0.25, 0.3) is 0 Å². The van der Waals surface area contributed by atoms with Crippen LogP contribution in [0.15, 0.2) is 42.7 Å². The van der Waals surface area contributed by atoms with E-state index in [1.807, 2.05) is 0 Å². The maximum absolute atomic E-state index is 12.3. The SMILES string of the molecule is C=C(C)OC(=O)C1(CCOC(=O)c2ccccc2)CCCC1=O. The summed E-state index contributed by atoms with van der Waals surface area (Å²) < 4.78 is 10.3. The zero-order valence-electron chi connectivity index (χ0n) is 13.2. The van der Waals surface area contributed by atoms with Crippen molar-refractivity contribution in [3.05, 3.63) is 48.2 Å². The number of allylic oxidation sites excluding steroid dienone is 1. The number of benzene rings is 1. The van der Waals surface area contributed by atoms with Gasteiger partial charge in [-0.2, -0.15) is 0 Å². The van der Waals surface area contributed by atoms with Gasteiger partial charge in [-0.15, -0.1) is 0 Å². The van der Waals surface area contributed by atoms with Gasteiger partial charge in [0.15, 0.2) is 0 Å². The van der Waals surface area contributed by atoms with Crippen molar-refractivity contribution in [2.45, 2.75) is 32.6 Å². The molecule has 0 saturated heterocycles. The van der Waals surface area contributed by atoms with Crippen molar-refractivity contribution in [3.8, 4) is 0 Å². The number of rotatable bonds is 6. The van der Waals surface area contributed by atoms with Crippen LogP contribution in [-0.2, 0) is 19.1 Å². The Morgan fingerprint density at radius 2 is 1.96 bits per heavy atom. The minimum absolute atomic E-state index is 0.00917. The molecule has 1 aromatic carbocycles. The lowest BCUT2D eigenvalue weighted by atomic mass is 9.82. The predicted molar refractivity (Wildman–Crippen MR) is 83.5 cm³/mol. The Hall–Kier alpha value is -2.43. The molecular weight excluding hydrogens is 296 g/mol. The summed E-state index contributed by atoms with van der Waals surface area (Å²) >= 11 is 0. The third kappa shape index (κ3) is 3.86. The molecule has 0 aliphatic heterocycles. The van der Waals surface area contributed by atoms with E-state index in [2.05, 4.69) is 6.58 Å². The van der Waals surface area contributed by atoms with Crippen molar-refractivity contribution < 1.29 is 23.9 Å². The lowest BCUT2D eigenvalue weighted by molar-refractivity contribution is -0.156. The first-order chi connectivity index (χ1) is 11.0. The zero-order chi connectivity index (χ0) is 16.9. The van der Waals surface area contributed by atoms with Crippen LogP contribution < -0.4 is 0 Å². The first kappa shape index (κ1) is 16.9. The molecule has 0 N–H and O–H groups in total. The van der Waals surface area contributed by atoms with Gasteiger partial charge in [0.05, 0.1) is 17.9 Å². The molecule has 1 aromatic rings. The Bertz CT molecular complexity index is 620. The second kappa shape index (κ2) is 7.22. The van der Waals surface area contributed by atoms with Crippen molar-refractivity contribution in [1.82, 2.24) is 0 Å². The highest BCUT2D eigenvalue weighted by molar-refractivity contribution is 6.05. The van der Waals surface area contributed by atoms with Crippen molar-refractivity contribution in [2.24, 2.45) is 5.41 Å². The Kier molecular flexibility index (Phi) is 5.32. The highest BCUT2D eigenvalue weighted by atomic mass is 16.5. The minimum Gasteiger partial charge on any atom is -0.462 e. The molecule has 0 amide bonds. The molecular formula is C18H20O5. The molecule has 1 atom stereocenters. The third-order valence-electron chi connectivity index (χ3n) is 3.97. The molecule has 23 heavy (non-hydrogen) atoms. The van der Waals surface area contributed by atoms with Gasteiger partial charge in [0.2, 0.25) is 0 Å². The van der Waals surface area contributed by atoms with E-state index < -0.39 is 17.4 Å². The monoisotopic (exact) mass is 316 g/mol. The van der Waals surface area contributed by atoms with E-state index in [9.17, 15) is 14.4 Å². The molecule has 0 heterocycles. The highest BCUT2D eigenvalue weighted by Gasteiger charge is 2.49. The lowest BCUT2D eigenvalue weighted by Crippen LogP contribution is -2.38. The summed E-state index contributed by atoms with van der Waals surface area (Å²) in [4.78, 5) is 36.4. The van der Waals surface area contributed by atoms with E-state index in [0.717, 1.165) is 0 Å². The molecule has 5 nitrogen and oxygen atoms in total. The van der Waals surface area contributed by atoms with Crippen LogP contribution in [-0.4, -0.2) is 24.3 Å². The van der Waals surface area contributed by atoms with Gasteiger partial charge >= 0.3 is 11.9 Å². The second-order valence-electron chi connectivity index (χ2n) is 5.70. The topological polar surface area (TPSA) is 69.7 Å². The number of hydrogen-bond donors (Lipinski definition) is 0. The van der Waals surface area contributed by atoms with Crippen molar-refractivity contribution in [1.29, 1.82) is 0 Å². The van der Waals surface area contributed by atoms with Gasteiger partial charge in [-0.3, -0.25) is 9.59 Å². The quantitative estimate of drug-likeness (QED) is 0.458. The first-order valence-corrected chi connectivity index (χ1v) is 7.59. The van der Waals surface area contributed by atoms with Gasteiger partial charge in [0.25, 0.3) is 0 Å². The average molecular weight is 316 g/mol. The van der Waals surface area contributed by atoms with Crippen LogP contribution in [0.5, 0.6) is 0 Å². The van der Waals surface area contributed by atoms with E-state index in [1.165, 1.54) is 0 Å². The van der Waals surface area contributed by atoms with Crippen LogP contribution in [0.2, 0.25) is 0 Å². The summed E-state index contributed by atoms with van der Waals surface area (Å²) in [7, 11) is 0. The number of ether oxygens (including phenoxy) is 2. The van der Waals surface area contributed by atoms with E-state index in [4.69, 9.17) is 9.47 Å². The molecule has 0 spiro atoms. The summed E-state index contributed by atoms with van der Waals surface area (Å²) in [5.74, 6) is -0.974. The fourth-order valence-corrected chi connectivity index (χ4v) is 2.74. The third-order valence-corrected chi connectivity index (χ3v) is 3.97. The van der Waals surface area contributed by atoms with Crippen molar-refractivity contribution >= 4 is 17.7 Å². The molecule has 0 radical (unpaired) electrons. The van der Waals surface area contributed by atoms with Gasteiger partial charge in [-0.05, 0) is 31.9 Å². The molecule has 2 rings (SSSR count). The smallest absolute Gasteiger partial charge is 0.338 e. The second-order valence-corrected chi connectivity index (χ2v) is 5.70. The Balaban J connectivity index is 2.00. The summed E-state index contributed by atoms with van der Waals surface area (Å²) in [6.45, 7) is 5.08. The summed E-state index contributed by atoms with van der Waals surface area (Å²) in [5.41, 5.74) is -0.778. The number of Topliss-reactive ketones (excluding diaryl/α,β-unsaturated/α-hetero) is 1. The van der Waals surface area contributed by atoms with Crippen LogP contribution in [0, 0.1) is 5.41 Å². The number of ketones is 1. The standard InChI is InChI=1S/C18H20O5/c1-13(2)23-17(21)18(10-6-9-15(18)19)11-12-22-16(20)14-7-4-3-5-8-14/h3-5,7-8H,1,6,9-12H2,2H3. The summed E-state index contributed by atoms with van der Waals surface area (Å²) in [5, 5.41) is 0. The van der Waals surface area contributed by atoms with E-state index in [-0.39, 0.29) is 24.6 Å². The molecule has 0 bridgehead atoms. The van der Waals surface area contributed by atoms with Gasteiger partial charge in [-0.25, -0.2) is 4.79 Å². The number of carbonyl (C=O) groups excluding carboxylic acids is 3. The van der Waals surface area contributed by atoms with Crippen molar-refractivity contribution in [3.63, 3.8) is 0 Å². The molecule has 1 aliphatic rings. The van der Waals surface area contributed by atoms with E-state index >= 15 is 0 Å². The van der Waals surface area contributed by atoms with Crippen LogP contribution in [0.4, 0.5) is 0 Å². The minimum atomic E-state index is -1.21. The molecule has 5 heteroatoms. The lowest BCUT2D eigenvalue weighted by Gasteiger charge is -2.24. The maximum atomic E-state index is 12.3. The Morgan fingerprint density at radius 3 is 2.52 bits per heavy atom. The maximum Gasteiger partial charge on any atom is 0.338 e. The highest BCUT2D eigenvalue weighted by Crippen LogP contribution is 2.39. The van der Waals surface area contributed by atoms with E-state index in [1.54, 1.807) is 37.3 Å². The summed E-state index contributed by atoms with van der Waals surface area (Å²) in [6.07, 6.45) is 1.53. The van der Waals surface area contributed by atoms with Crippen molar-refractivity contribution in [2.75, 3.05) is 6.61 Å². The molecule has 1 unspecified atom stereocenters. The number of carbonyl (C=O) groups is 3. The van der Waals surface area contributed by atoms with Gasteiger partial charge in [0.1, 0.15) is 11.2 Å². The summed E-state index contributed by atoms with van der Waals surface area (Å²) in [6, 6.07) is 8.57. The predicted octanol–water partition coefficient (Wildman–Crippen LogP) is 3.05. The normalized spacial score (nSPS) is 20.1.